The molecule has 0 aliphatic carbocycles. The van der Waals surface area contributed by atoms with Crippen molar-refractivity contribution in [1.29, 1.82) is 0 Å². The summed E-state index contributed by atoms with van der Waals surface area (Å²) in [5, 5.41) is 12.9. The van der Waals surface area contributed by atoms with Crippen molar-refractivity contribution in [2.45, 2.75) is 32.4 Å². The Morgan fingerprint density at radius 3 is 3.00 bits per heavy atom. The van der Waals surface area contributed by atoms with E-state index in [1.54, 1.807) is 17.9 Å². The van der Waals surface area contributed by atoms with Crippen LogP contribution >= 0.6 is 0 Å². The van der Waals surface area contributed by atoms with E-state index in [0.29, 0.717) is 0 Å². The van der Waals surface area contributed by atoms with Crippen molar-refractivity contribution in [1.82, 2.24) is 14.8 Å². The molecule has 1 aromatic rings. The monoisotopic (exact) mass is 155 g/mol. The predicted molar refractivity (Wildman–Crippen MR) is 40.9 cm³/mol. The van der Waals surface area contributed by atoms with E-state index in [0.717, 1.165) is 19.4 Å². The normalized spacial score (nSPS) is 13.3. The average molecular weight is 155 g/mol. The minimum atomic E-state index is -0.210. The molecule has 0 saturated carbocycles. The topological polar surface area (TPSA) is 50.9 Å². The van der Waals surface area contributed by atoms with Crippen LogP contribution in [0.3, 0.4) is 0 Å². The van der Waals surface area contributed by atoms with Crippen LogP contribution in [0.25, 0.3) is 0 Å². The van der Waals surface area contributed by atoms with Crippen LogP contribution in [0.5, 0.6) is 0 Å². The van der Waals surface area contributed by atoms with E-state index in [9.17, 15) is 0 Å². The van der Waals surface area contributed by atoms with Gasteiger partial charge in [0, 0.05) is 6.54 Å². The molecule has 0 saturated heterocycles. The van der Waals surface area contributed by atoms with Gasteiger partial charge in [-0.2, -0.15) is 5.10 Å². The van der Waals surface area contributed by atoms with Gasteiger partial charge >= 0.3 is 0 Å². The highest BCUT2D eigenvalue weighted by Gasteiger charge is 1.95. The van der Waals surface area contributed by atoms with E-state index >= 15 is 0 Å². The van der Waals surface area contributed by atoms with Gasteiger partial charge in [0.1, 0.15) is 12.7 Å². The molecule has 1 N–H and O–H groups in total. The highest BCUT2D eigenvalue weighted by molar-refractivity contribution is 4.56. The minimum absolute atomic E-state index is 0.210. The lowest BCUT2D eigenvalue weighted by Crippen LogP contribution is -2.04. The van der Waals surface area contributed by atoms with Gasteiger partial charge in [-0.15, -0.1) is 0 Å². The lowest BCUT2D eigenvalue weighted by atomic mass is 10.2. The van der Waals surface area contributed by atoms with Crippen LogP contribution < -0.4 is 0 Å². The van der Waals surface area contributed by atoms with Gasteiger partial charge < -0.3 is 5.11 Å². The van der Waals surface area contributed by atoms with E-state index in [4.69, 9.17) is 5.11 Å². The molecule has 4 nitrogen and oxygen atoms in total. The van der Waals surface area contributed by atoms with Gasteiger partial charge in [0.25, 0.3) is 0 Å². The highest BCUT2D eigenvalue weighted by Crippen LogP contribution is 1.97. The first-order valence-corrected chi connectivity index (χ1v) is 3.79. The molecule has 1 rings (SSSR count). The smallest absolute Gasteiger partial charge is 0.137 e. The van der Waals surface area contributed by atoms with Crippen molar-refractivity contribution < 1.29 is 5.11 Å². The number of hydrogen-bond acceptors (Lipinski definition) is 3. The molecule has 0 radical (unpaired) electrons. The predicted octanol–water partition coefficient (Wildman–Crippen LogP) is 0.439. The SMILES string of the molecule is C[C@@H](O)CCCn1cncn1. The van der Waals surface area contributed by atoms with Crippen LogP contribution in [0.2, 0.25) is 0 Å². The summed E-state index contributed by atoms with van der Waals surface area (Å²) in [5.74, 6) is 0. The van der Waals surface area contributed by atoms with Gasteiger partial charge in [-0.1, -0.05) is 0 Å². The van der Waals surface area contributed by atoms with Crippen LogP contribution in [-0.4, -0.2) is 26.0 Å². The van der Waals surface area contributed by atoms with Crippen molar-refractivity contribution in [2.24, 2.45) is 0 Å². The third kappa shape index (κ3) is 3.13. The molecule has 1 aromatic heterocycles. The molecule has 0 aliphatic heterocycles. The summed E-state index contributed by atoms with van der Waals surface area (Å²) in [4.78, 5) is 3.81. The fourth-order valence-corrected chi connectivity index (χ4v) is 0.897. The molecule has 0 spiro atoms. The van der Waals surface area contributed by atoms with E-state index in [1.165, 1.54) is 6.33 Å². The Hall–Kier alpha value is -0.900. The Balaban J connectivity index is 2.14. The maximum Gasteiger partial charge on any atom is 0.137 e. The Bertz CT molecular complexity index is 184. The maximum atomic E-state index is 8.94. The fourth-order valence-electron chi connectivity index (χ4n) is 0.897. The minimum Gasteiger partial charge on any atom is -0.393 e. The maximum absolute atomic E-state index is 8.94. The molecule has 0 fully saturated rings. The number of hydrogen-bond donors (Lipinski definition) is 1. The van der Waals surface area contributed by atoms with Crippen LogP contribution in [0.4, 0.5) is 0 Å². The van der Waals surface area contributed by atoms with Crippen molar-refractivity contribution in [3.8, 4) is 0 Å². The first-order valence-electron chi connectivity index (χ1n) is 3.79. The zero-order valence-corrected chi connectivity index (χ0v) is 6.64. The second-order valence-corrected chi connectivity index (χ2v) is 2.65. The Morgan fingerprint density at radius 1 is 1.64 bits per heavy atom. The first kappa shape index (κ1) is 8.20. The standard InChI is InChI=1S/C7H13N3O/c1-7(11)3-2-4-10-6-8-5-9-10/h5-7,11H,2-4H2,1H3/t7-/m1/s1. The lowest BCUT2D eigenvalue weighted by Gasteiger charge is -2.02. The number of aliphatic hydroxyl groups excluding tert-OH is 1. The van der Waals surface area contributed by atoms with Crippen molar-refractivity contribution in [3.05, 3.63) is 12.7 Å². The molecule has 1 heterocycles. The zero-order valence-electron chi connectivity index (χ0n) is 6.64. The largest absolute Gasteiger partial charge is 0.393 e. The van der Waals surface area contributed by atoms with Gasteiger partial charge in [0.15, 0.2) is 0 Å². The van der Waals surface area contributed by atoms with Gasteiger partial charge in [0.05, 0.1) is 6.10 Å². The molecule has 0 amide bonds. The van der Waals surface area contributed by atoms with Gasteiger partial charge in [0.2, 0.25) is 0 Å². The Morgan fingerprint density at radius 2 is 2.45 bits per heavy atom. The Labute approximate surface area is 65.9 Å². The van der Waals surface area contributed by atoms with Crippen LogP contribution in [-0.2, 0) is 6.54 Å². The van der Waals surface area contributed by atoms with Crippen LogP contribution in [0.15, 0.2) is 12.7 Å². The molecule has 4 heteroatoms. The quantitative estimate of drug-likeness (QED) is 0.686. The summed E-state index contributed by atoms with van der Waals surface area (Å²) in [5.41, 5.74) is 0. The second kappa shape index (κ2) is 4.08. The molecular formula is C7H13N3O. The molecule has 0 aliphatic rings. The third-order valence-corrected chi connectivity index (χ3v) is 1.48. The molecule has 0 aromatic carbocycles. The second-order valence-electron chi connectivity index (χ2n) is 2.65. The summed E-state index contributed by atoms with van der Waals surface area (Å²) < 4.78 is 1.77. The summed E-state index contributed by atoms with van der Waals surface area (Å²) in [6, 6.07) is 0. The first-order chi connectivity index (χ1) is 5.29. The number of nitrogens with zero attached hydrogens (tertiary/aromatic N) is 3. The van der Waals surface area contributed by atoms with Gasteiger partial charge in [-0.3, -0.25) is 4.68 Å². The van der Waals surface area contributed by atoms with Crippen LogP contribution in [0.1, 0.15) is 19.8 Å². The Kier molecular flexibility index (Phi) is 3.04. The zero-order chi connectivity index (χ0) is 8.10. The lowest BCUT2D eigenvalue weighted by molar-refractivity contribution is 0.179. The van der Waals surface area contributed by atoms with Gasteiger partial charge in [-0.25, -0.2) is 4.98 Å². The van der Waals surface area contributed by atoms with E-state index < -0.39 is 0 Å². The molecule has 62 valence electrons. The molecular weight excluding hydrogens is 142 g/mol. The summed E-state index contributed by atoms with van der Waals surface area (Å²) in [6.45, 7) is 2.63. The van der Waals surface area contributed by atoms with Crippen molar-refractivity contribution in [2.75, 3.05) is 0 Å². The number of rotatable bonds is 4. The van der Waals surface area contributed by atoms with E-state index in [1.807, 2.05) is 0 Å². The van der Waals surface area contributed by atoms with Crippen molar-refractivity contribution >= 4 is 0 Å². The number of aromatic nitrogens is 3. The summed E-state index contributed by atoms with van der Waals surface area (Å²) >= 11 is 0. The van der Waals surface area contributed by atoms with Crippen LogP contribution in [0, 0.1) is 0 Å². The number of aryl methyl sites for hydroxylation is 1. The van der Waals surface area contributed by atoms with E-state index in [2.05, 4.69) is 10.1 Å². The number of aliphatic hydroxyl groups is 1. The third-order valence-electron chi connectivity index (χ3n) is 1.48. The van der Waals surface area contributed by atoms with E-state index in [-0.39, 0.29) is 6.10 Å². The van der Waals surface area contributed by atoms with Gasteiger partial charge in [-0.05, 0) is 19.8 Å². The molecule has 11 heavy (non-hydrogen) atoms. The molecule has 0 unspecified atom stereocenters. The fraction of sp³-hybridized carbons (Fsp3) is 0.714. The molecule has 1 atom stereocenters. The summed E-state index contributed by atoms with van der Waals surface area (Å²) in [7, 11) is 0. The molecule has 0 bridgehead atoms. The highest BCUT2D eigenvalue weighted by atomic mass is 16.3. The van der Waals surface area contributed by atoms with Crippen molar-refractivity contribution in [3.63, 3.8) is 0 Å². The summed E-state index contributed by atoms with van der Waals surface area (Å²) in [6.07, 6.45) is 4.75. The average Bonchev–Trinajstić information content (AvgIpc) is 2.39.